The standard InChI is InChI=1S/C12H6/c1-2-4-8-7(3-1)9-5-6-10-11(8)12(9)10/h1-6H. The fraction of sp³-hybridized carbons (Fsp3) is 0. The van der Waals surface area contributed by atoms with Crippen LogP contribution in [0.1, 0.15) is 0 Å². The average molecular weight is 150 g/mol. The first-order valence-corrected chi connectivity index (χ1v) is 4.24. The summed E-state index contributed by atoms with van der Waals surface area (Å²) in [6.07, 6.45) is 0. The lowest BCUT2D eigenvalue weighted by atomic mass is 10.2. The zero-order valence-corrected chi connectivity index (χ0v) is 6.46. The summed E-state index contributed by atoms with van der Waals surface area (Å²) in [5.41, 5.74) is 0. The van der Waals surface area contributed by atoms with Gasteiger partial charge in [0.1, 0.15) is 0 Å². The summed E-state index contributed by atoms with van der Waals surface area (Å²) in [6.45, 7) is 0. The second-order valence-electron chi connectivity index (χ2n) is 3.46. The van der Waals surface area contributed by atoms with E-state index in [0.29, 0.717) is 0 Å². The third-order valence-electron chi connectivity index (χ3n) is 2.90. The minimum absolute atomic E-state index is 1.43. The van der Waals surface area contributed by atoms with Gasteiger partial charge in [-0.3, -0.25) is 0 Å². The third kappa shape index (κ3) is 0.352. The summed E-state index contributed by atoms with van der Waals surface area (Å²) >= 11 is 0. The zero-order chi connectivity index (χ0) is 7.71. The summed E-state index contributed by atoms with van der Waals surface area (Å²) < 4.78 is 0. The van der Waals surface area contributed by atoms with Gasteiger partial charge in [0.05, 0.1) is 0 Å². The fourth-order valence-corrected chi connectivity index (χ4v) is 2.34. The van der Waals surface area contributed by atoms with E-state index in [1.807, 2.05) is 0 Å². The van der Waals surface area contributed by atoms with Crippen molar-refractivity contribution in [2.45, 2.75) is 0 Å². The first-order chi connectivity index (χ1) is 5.97. The molecule has 4 aromatic rings. The highest BCUT2D eigenvalue weighted by Gasteiger charge is 2.21. The van der Waals surface area contributed by atoms with E-state index in [-0.39, 0.29) is 0 Å². The third-order valence-corrected chi connectivity index (χ3v) is 2.90. The average Bonchev–Trinajstić information content (AvgIpc) is 2.57. The molecular formula is C12H6. The van der Waals surface area contributed by atoms with Crippen molar-refractivity contribution in [3.05, 3.63) is 36.4 Å². The molecule has 0 atom stereocenters. The SMILES string of the molecule is c1ccc2c(c1)c1ccc3c2c13. The molecule has 0 fully saturated rings. The van der Waals surface area contributed by atoms with Gasteiger partial charge in [0.2, 0.25) is 0 Å². The Kier molecular flexibility index (Phi) is 0.573. The van der Waals surface area contributed by atoms with E-state index in [4.69, 9.17) is 0 Å². The van der Waals surface area contributed by atoms with E-state index < -0.39 is 0 Å². The van der Waals surface area contributed by atoms with Crippen molar-refractivity contribution >= 4 is 32.3 Å². The number of fused-ring (bicyclic) bond motifs is 4. The molecule has 0 unspecified atom stereocenters. The van der Waals surface area contributed by atoms with E-state index in [1.165, 1.54) is 32.3 Å². The summed E-state index contributed by atoms with van der Waals surface area (Å²) in [6, 6.07) is 13.1. The van der Waals surface area contributed by atoms with Crippen LogP contribution in [-0.4, -0.2) is 0 Å². The van der Waals surface area contributed by atoms with Crippen LogP contribution in [0, 0.1) is 0 Å². The van der Waals surface area contributed by atoms with Crippen molar-refractivity contribution in [3.8, 4) is 0 Å². The highest BCUT2D eigenvalue weighted by molar-refractivity contribution is 6.47. The summed E-state index contributed by atoms with van der Waals surface area (Å²) in [7, 11) is 0. The molecule has 0 amide bonds. The second-order valence-corrected chi connectivity index (χ2v) is 3.46. The zero-order valence-electron chi connectivity index (χ0n) is 6.46. The number of rotatable bonds is 0. The van der Waals surface area contributed by atoms with Gasteiger partial charge >= 0.3 is 0 Å². The van der Waals surface area contributed by atoms with Gasteiger partial charge in [-0.25, -0.2) is 0 Å². The molecule has 0 spiro atoms. The summed E-state index contributed by atoms with van der Waals surface area (Å²) in [4.78, 5) is 0. The van der Waals surface area contributed by atoms with E-state index in [9.17, 15) is 0 Å². The molecule has 54 valence electrons. The van der Waals surface area contributed by atoms with Gasteiger partial charge in [-0.2, -0.15) is 0 Å². The lowest BCUT2D eigenvalue weighted by molar-refractivity contribution is 1.86. The first kappa shape index (κ1) is 5.15. The largest absolute Gasteiger partial charge is 0.0616 e. The van der Waals surface area contributed by atoms with Crippen molar-refractivity contribution in [3.63, 3.8) is 0 Å². The topological polar surface area (TPSA) is 0 Å². The summed E-state index contributed by atoms with van der Waals surface area (Å²) in [5.74, 6) is 0. The Morgan fingerprint density at radius 2 is 1.08 bits per heavy atom. The molecule has 0 nitrogen and oxygen atoms in total. The van der Waals surface area contributed by atoms with Crippen molar-refractivity contribution < 1.29 is 0 Å². The van der Waals surface area contributed by atoms with Crippen molar-refractivity contribution in [2.75, 3.05) is 0 Å². The molecule has 4 rings (SSSR count). The molecule has 0 aliphatic rings. The van der Waals surface area contributed by atoms with Gasteiger partial charge in [-0.05, 0) is 32.3 Å². The lowest BCUT2D eigenvalue weighted by Gasteiger charge is -1.87. The Morgan fingerprint density at radius 3 is 1.92 bits per heavy atom. The summed E-state index contributed by atoms with van der Waals surface area (Å²) in [5, 5.41) is 8.86. The van der Waals surface area contributed by atoms with Crippen LogP contribution in [0.2, 0.25) is 0 Å². The van der Waals surface area contributed by atoms with Gasteiger partial charge in [0, 0.05) is 0 Å². The highest BCUT2D eigenvalue weighted by Crippen LogP contribution is 2.50. The molecule has 12 heavy (non-hydrogen) atoms. The van der Waals surface area contributed by atoms with E-state index in [0.717, 1.165) is 0 Å². The molecule has 0 bridgehead atoms. The van der Waals surface area contributed by atoms with E-state index >= 15 is 0 Å². The fourth-order valence-electron chi connectivity index (χ4n) is 2.34. The van der Waals surface area contributed by atoms with Crippen LogP contribution in [0.4, 0.5) is 0 Å². The minimum atomic E-state index is 1.43. The lowest BCUT2D eigenvalue weighted by Crippen LogP contribution is -1.60. The van der Waals surface area contributed by atoms with Crippen LogP contribution in [0.25, 0.3) is 32.3 Å². The first-order valence-electron chi connectivity index (χ1n) is 4.24. The molecule has 0 radical (unpaired) electrons. The van der Waals surface area contributed by atoms with Gasteiger partial charge in [-0.1, -0.05) is 36.4 Å². The predicted molar refractivity (Wildman–Crippen MR) is 52.5 cm³/mol. The number of benzene rings is 3. The normalized spacial score (nSPS) is 13.0. The van der Waals surface area contributed by atoms with Crippen LogP contribution >= 0.6 is 0 Å². The van der Waals surface area contributed by atoms with Crippen molar-refractivity contribution in [1.29, 1.82) is 0 Å². The van der Waals surface area contributed by atoms with E-state index in [1.54, 1.807) is 0 Å². The molecule has 0 aromatic heterocycles. The van der Waals surface area contributed by atoms with Crippen LogP contribution in [0.15, 0.2) is 36.4 Å². The van der Waals surface area contributed by atoms with Crippen LogP contribution in [0.5, 0.6) is 0 Å². The molecular weight excluding hydrogens is 144 g/mol. The minimum Gasteiger partial charge on any atom is -0.0616 e. The Labute approximate surface area is 69.4 Å². The molecule has 0 aliphatic heterocycles. The smallest absolute Gasteiger partial charge is 0.00137 e. The molecule has 0 N–H and O–H groups in total. The maximum absolute atomic E-state index is 2.24. The maximum atomic E-state index is 2.24. The Bertz CT molecular complexity index is 633. The number of hydrogen-bond acceptors (Lipinski definition) is 0. The van der Waals surface area contributed by atoms with Crippen molar-refractivity contribution in [2.24, 2.45) is 0 Å². The Morgan fingerprint density at radius 1 is 0.500 bits per heavy atom. The molecule has 4 aromatic carbocycles. The van der Waals surface area contributed by atoms with Gasteiger partial charge in [0.25, 0.3) is 0 Å². The van der Waals surface area contributed by atoms with E-state index in [2.05, 4.69) is 36.4 Å². The predicted octanol–water partition coefficient (Wildman–Crippen LogP) is 3.46. The van der Waals surface area contributed by atoms with Crippen molar-refractivity contribution in [1.82, 2.24) is 0 Å². The number of hydrogen-bond donors (Lipinski definition) is 0. The van der Waals surface area contributed by atoms with Gasteiger partial charge in [-0.15, -0.1) is 0 Å². The van der Waals surface area contributed by atoms with Gasteiger partial charge < -0.3 is 0 Å². The maximum Gasteiger partial charge on any atom is -0.00137 e. The Balaban J connectivity index is 2.57. The molecule has 0 heteroatoms. The second kappa shape index (κ2) is 1.34. The molecule has 0 aliphatic carbocycles. The Hall–Kier alpha value is -1.56. The van der Waals surface area contributed by atoms with Crippen LogP contribution in [-0.2, 0) is 0 Å². The highest BCUT2D eigenvalue weighted by atomic mass is 14.2. The van der Waals surface area contributed by atoms with Crippen LogP contribution in [0.3, 0.4) is 0 Å². The van der Waals surface area contributed by atoms with Crippen LogP contribution < -0.4 is 0 Å². The molecule has 0 saturated carbocycles. The quantitative estimate of drug-likeness (QED) is 0.360. The molecule has 0 saturated heterocycles. The monoisotopic (exact) mass is 150 g/mol. The molecule has 0 heterocycles. The van der Waals surface area contributed by atoms with Gasteiger partial charge in [0.15, 0.2) is 0 Å².